The molecule has 1 fully saturated rings. The zero-order valence-corrected chi connectivity index (χ0v) is 11.7. The average molecular weight is 294 g/mol. The van der Waals surface area contributed by atoms with Gasteiger partial charge < -0.3 is 5.11 Å². The molecule has 1 unspecified atom stereocenters. The van der Waals surface area contributed by atoms with E-state index < -0.39 is 22.0 Å². The first-order chi connectivity index (χ1) is 9.39. The lowest BCUT2D eigenvalue weighted by Crippen LogP contribution is -2.40. The van der Waals surface area contributed by atoms with Gasteiger partial charge in [0.2, 0.25) is 10.0 Å². The number of nitriles is 1. The highest BCUT2D eigenvalue weighted by Gasteiger charge is 2.40. The van der Waals surface area contributed by atoms with Gasteiger partial charge in [0.15, 0.2) is 0 Å². The minimum absolute atomic E-state index is 0.0727. The van der Waals surface area contributed by atoms with Gasteiger partial charge >= 0.3 is 5.97 Å². The van der Waals surface area contributed by atoms with Crippen LogP contribution in [0, 0.1) is 18.3 Å². The van der Waals surface area contributed by atoms with Gasteiger partial charge in [-0.2, -0.15) is 9.57 Å². The molecule has 0 amide bonds. The van der Waals surface area contributed by atoms with E-state index in [4.69, 9.17) is 10.4 Å². The number of hydrogen-bond donors (Lipinski definition) is 1. The van der Waals surface area contributed by atoms with Crippen LogP contribution in [0.25, 0.3) is 0 Å². The van der Waals surface area contributed by atoms with Crippen LogP contribution < -0.4 is 0 Å². The molecule has 1 atom stereocenters. The molecule has 20 heavy (non-hydrogen) atoms. The van der Waals surface area contributed by atoms with Crippen molar-refractivity contribution in [1.82, 2.24) is 4.31 Å². The Labute approximate surface area is 117 Å². The zero-order valence-electron chi connectivity index (χ0n) is 10.9. The second-order valence-corrected chi connectivity index (χ2v) is 6.53. The largest absolute Gasteiger partial charge is 0.480 e. The minimum Gasteiger partial charge on any atom is -0.480 e. The first-order valence-electron chi connectivity index (χ1n) is 6.14. The third-order valence-electron chi connectivity index (χ3n) is 3.42. The van der Waals surface area contributed by atoms with Crippen molar-refractivity contribution in [2.45, 2.75) is 30.7 Å². The summed E-state index contributed by atoms with van der Waals surface area (Å²) in [6.07, 6.45) is 0.798. The van der Waals surface area contributed by atoms with E-state index >= 15 is 0 Å². The number of aryl methyl sites for hydroxylation is 1. The normalized spacial score (nSPS) is 19.7. The van der Waals surface area contributed by atoms with E-state index in [2.05, 4.69) is 0 Å². The lowest BCUT2D eigenvalue weighted by Gasteiger charge is -2.21. The SMILES string of the molecule is Cc1cccc(S(=O)(=O)N2CCCC2C(=O)O)c1C#N. The summed E-state index contributed by atoms with van der Waals surface area (Å²) >= 11 is 0. The van der Waals surface area contributed by atoms with E-state index in [0.717, 1.165) is 4.31 Å². The van der Waals surface area contributed by atoms with Gasteiger partial charge in [0, 0.05) is 6.54 Å². The smallest absolute Gasteiger partial charge is 0.322 e. The van der Waals surface area contributed by atoms with Crippen molar-refractivity contribution < 1.29 is 18.3 Å². The highest BCUT2D eigenvalue weighted by Crippen LogP contribution is 2.28. The Hall–Kier alpha value is -1.91. The van der Waals surface area contributed by atoms with Crippen LogP contribution in [-0.2, 0) is 14.8 Å². The summed E-state index contributed by atoms with van der Waals surface area (Å²) in [7, 11) is -3.97. The van der Waals surface area contributed by atoms with E-state index in [1.807, 2.05) is 6.07 Å². The second-order valence-electron chi connectivity index (χ2n) is 4.67. The number of hydrogen-bond acceptors (Lipinski definition) is 4. The molecule has 7 heteroatoms. The molecule has 0 bridgehead atoms. The van der Waals surface area contributed by atoms with Crippen LogP contribution in [0.15, 0.2) is 23.1 Å². The van der Waals surface area contributed by atoms with Gasteiger partial charge in [0.25, 0.3) is 0 Å². The van der Waals surface area contributed by atoms with Crippen molar-refractivity contribution in [1.29, 1.82) is 5.26 Å². The van der Waals surface area contributed by atoms with Crippen molar-refractivity contribution in [3.63, 3.8) is 0 Å². The molecule has 0 aliphatic carbocycles. The van der Waals surface area contributed by atoms with Crippen LogP contribution in [-0.4, -0.2) is 36.4 Å². The van der Waals surface area contributed by atoms with Crippen molar-refractivity contribution >= 4 is 16.0 Å². The number of aliphatic carboxylic acids is 1. The van der Waals surface area contributed by atoms with Gasteiger partial charge in [-0.25, -0.2) is 8.42 Å². The van der Waals surface area contributed by atoms with Gasteiger partial charge in [-0.3, -0.25) is 4.79 Å². The van der Waals surface area contributed by atoms with E-state index in [-0.39, 0.29) is 17.0 Å². The Bertz CT molecular complexity index is 691. The zero-order chi connectivity index (χ0) is 14.9. The van der Waals surface area contributed by atoms with E-state index in [1.165, 1.54) is 6.07 Å². The molecule has 0 aromatic heterocycles. The molecular weight excluding hydrogens is 280 g/mol. The Kier molecular flexibility index (Phi) is 3.79. The molecule has 0 spiro atoms. The summed E-state index contributed by atoms with van der Waals surface area (Å²) in [5.41, 5.74) is 0.628. The molecule has 1 saturated heterocycles. The highest BCUT2D eigenvalue weighted by atomic mass is 32.2. The molecule has 1 aromatic rings. The fourth-order valence-electron chi connectivity index (χ4n) is 2.40. The van der Waals surface area contributed by atoms with Gasteiger partial charge in [0.1, 0.15) is 17.0 Å². The average Bonchev–Trinajstić information content (AvgIpc) is 2.88. The van der Waals surface area contributed by atoms with Crippen molar-refractivity contribution in [3.05, 3.63) is 29.3 Å². The molecule has 0 saturated carbocycles. The predicted octanol–water partition coefficient (Wildman–Crippen LogP) is 1.10. The molecule has 0 radical (unpaired) electrons. The number of sulfonamides is 1. The van der Waals surface area contributed by atoms with E-state index in [1.54, 1.807) is 19.1 Å². The number of rotatable bonds is 3. The van der Waals surface area contributed by atoms with Gasteiger partial charge in [-0.05, 0) is 31.4 Å². The fourth-order valence-corrected chi connectivity index (χ4v) is 4.27. The monoisotopic (exact) mass is 294 g/mol. The van der Waals surface area contributed by atoms with Crippen molar-refractivity contribution in [2.24, 2.45) is 0 Å². The fraction of sp³-hybridized carbons (Fsp3) is 0.385. The maximum Gasteiger partial charge on any atom is 0.322 e. The first-order valence-corrected chi connectivity index (χ1v) is 7.58. The third-order valence-corrected chi connectivity index (χ3v) is 5.37. The van der Waals surface area contributed by atoms with Crippen LogP contribution >= 0.6 is 0 Å². The minimum atomic E-state index is -3.97. The Morgan fingerprint density at radius 1 is 1.50 bits per heavy atom. The lowest BCUT2D eigenvalue weighted by atomic mass is 10.1. The molecule has 6 nitrogen and oxygen atoms in total. The third kappa shape index (κ3) is 2.28. The molecule has 1 heterocycles. The van der Waals surface area contributed by atoms with Gasteiger partial charge in [-0.15, -0.1) is 0 Å². The summed E-state index contributed by atoms with van der Waals surface area (Å²) < 4.78 is 26.2. The number of carboxylic acid groups (broad SMARTS) is 1. The number of carboxylic acids is 1. The number of carbonyl (C=O) groups is 1. The van der Waals surface area contributed by atoms with Gasteiger partial charge in [0.05, 0.1) is 5.56 Å². The van der Waals surface area contributed by atoms with Gasteiger partial charge in [-0.1, -0.05) is 12.1 Å². The molecule has 1 aliphatic heterocycles. The van der Waals surface area contributed by atoms with E-state index in [9.17, 15) is 13.2 Å². The first kappa shape index (κ1) is 14.5. The number of nitrogens with zero attached hydrogens (tertiary/aromatic N) is 2. The molecule has 1 aliphatic rings. The summed E-state index contributed by atoms with van der Waals surface area (Å²) in [6.45, 7) is 1.81. The lowest BCUT2D eigenvalue weighted by molar-refractivity contribution is -0.140. The van der Waals surface area contributed by atoms with Crippen LogP contribution in [0.1, 0.15) is 24.0 Å². The van der Waals surface area contributed by atoms with Crippen molar-refractivity contribution in [2.75, 3.05) is 6.54 Å². The molecule has 1 N–H and O–H groups in total. The van der Waals surface area contributed by atoms with E-state index in [0.29, 0.717) is 18.4 Å². The maximum absolute atomic E-state index is 12.6. The summed E-state index contributed by atoms with van der Waals surface area (Å²) in [5, 5.41) is 18.2. The Morgan fingerprint density at radius 2 is 2.20 bits per heavy atom. The molecule has 1 aromatic carbocycles. The van der Waals surface area contributed by atoms with Crippen LogP contribution in [0.4, 0.5) is 0 Å². The Morgan fingerprint density at radius 3 is 2.80 bits per heavy atom. The van der Waals surface area contributed by atoms with Crippen LogP contribution in [0.3, 0.4) is 0 Å². The predicted molar refractivity (Wildman–Crippen MR) is 70.4 cm³/mol. The standard InChI is InChI=1S/C13H14N2O4S/c1-9-4-2-6-12(10(9)8-14)20(18,19)15-7-3-5-11(15)13(16)17/h2,4,6,11H,3,5,7H2,1H3,(H,16,17). The highest BCUT2D eigenvalue weighted by molar-refractivity contribution is 7.89. The topological polar surface area (TPSA) is 98.5 Å². The molecule has 2 rings (SSSR count). The quantitative estimate of drug-likeness (QED) is 0.900. The van der Waals surface area contributed by atoms with Crippen molar-refractivity contribution in [3.8, 4) is 6.07 Å². The summed E-state index contributed by atoms with van der Waals surface area (Å²) in [6, 6.07) is 5.38. The summed E-state index contributed by atoms with van der Waals surface area (Å²) in [4.78, 5) is 11.0. The Balaban J connectivity index is 2.54. The maximum atomic E-state index is 12.6. The molecular formula is C13H14N2O4S. The van der Waals surface area contributed by atoms with Crippen LogP contribution in [0.5, 0.6) is 0 Å². The number of benzene rings is 1. The second kappa shape index (κ2) is 5.23. The van der Waals surface area contributed by atoms with Crippen LogP contribution in [0.2, 0.25) is 0 Å². The summed E-state index contributed by atoms with van der Waals surface area (Å²) in [5.74, 6) is -1.16. The molecule has 106 valence electrons.